The number of primary amides is 1. The van der Waals surface area contributed by atoms with Crippen LogP contribution in [0.25, 0.3) is 0 Å². The van der Waals surface area contributed by atoms with Gasteiger partial charge in [-0.2, -0.15) is 13.2 Å². The maximum Gasteiger partial charge on any atom is 0.416 e. The van der Waals surface area contributed by atoms with Crippen LogP contribution in [0.5, 0.6) is 0 Å². The molecule has 0 radical (unpaired) electrons. The van der Waals surface area contributed by atoms with Gasteiger partial charge < -0.3 is 5.73 Å². The fraction of sp³-hybridized carbons (Fsp3) is 0.133. The van der Waals surface area contributed by atoms with Gasteiger partial charge in [0.25, 0.3) is 5.91 Å². The highest BCUT2D eigenvalue weighted by Gasteiger charge is 2.29. The van der Waals surface area contributed by atoms with Crippen molar-refractivity contribution in [2.24, 2.45) is 5.73 Å². The average molecular weight is 350 g/mol. The Hall–Kier alpha value is -1.72. The van der Waals surface area contributed by atoms with E-state index in [-0.39, 0.29) is 15.6 Å². The van der Waals surface area contributed by atoms with Crippen molar-refractivity contribution in [3.8, 4) is 0 Å². The molecular weight excluding hydrogens is 338 g/mol. The first kappa shape index (κ1) is 18.3. The zero-order chi connectivity index (χ0) is 16.9. The Balaban J connectivity index is 0.000000220. The highest BCUT2D eigenvalue weighted by molar-refractivity contribution is 6.39. The number of carbonyl (C=O) groups is 1. The molecule has 7 heteroatoms. The smallest absolute Gasteiger partial charge is 0.366 e. The standard InChI is InChI=1S/C8H7F3.C7H5Cl2NO/c1-6-2-4-7(5-3-6)8(9,10)11;8-4-2-1-3-5(9)6(4)7(10)11/h2-5H,1H3;1-3H,(H2,10,11). The Labute approximate surface area is 135 Å². The van der Waals surface area contributed by atoms with Crippen LogP contribution in [0.4, 0.5) is 13.2 Å². The first-order valence-corrected chi connectivity index (χ1v) is 6.76. The maximum atomic E-state index is 11.9. The van der Waals surface area contributed by atoms with Crippen molar-refractivity contribution >= 4 is 29.1 Å². The zero-order valence-corrected chi connectivity index (χ0v) is 12.9. The summed E-state index contributed by atoms with van der Waals surface area (Å²) in [6.45, 7) is 1.75. The molecule has 0 heterocycles. The summed E-state index contributed by atoms with van der Waals surface area (Å²) in [6.07, 6.45) is -4.21. The molecule has 0 aromatic heterocycles. The molecule has 0 fully saturated rings. The van der Waals surface area contributed by atoms with Crippen LogP contribution in [0.2, 0.25) is 10.0 Å². The molecule has 2 aromatic carbocycles. The Morgan fingerprint density at radius 1 is 1.00 bits per heavy atom. The van der Waals surface area contributed by atoms with Crippen LogP contribution in [-0.2, 0) is 6.18 Å². The quantitative estimate of drug-likeness (QED) is 0.763. The third-order valence-corrected chi connectivity index (χ3v) is 3.22. The van der Waals surface area contributed by atoms with E-state index in [4.69, 9.17) is 28.9 Å². The van der Waals surface area contributed by atoms with E-state index in [2.05, 4.69) is 0 Å². The Morgan fingerprint density at radius 3 is 1.77 bits per heavy atom. The summed E-state index contributed by atoms with van der Waals surface area (Å²) in [6, 6.07) is 9.83. The van der Waals surface area contributed by atoms with E-state index >= 15 is 0 Å². The molecule has 2 aromatic rings. The fourth-order valence-corrected chi connectivity index (χ4v) is 2.06. The average Bonchev–Trinajstić information content (AvgIpc) is 2.38. The molecule has 0 saturated carbocycles. The number of hydrogen-bond donors (Lipinski definition) is 1. The topological polar surface area (TPSA) is 43.1 Å². The van der Waals surface area contributed by atoms with Gasteiger partial charge >= 0.3 is 6.18 Å². The molecule has 0 bridgehead atoms. The Kier molecular flexibility index (Phi) is 6.26. The predicted molar refractivity (Wildman–Crippen MR) is 81.2 cm³/mol. The SMILES string of the molecule is Cc1ccc(C(F)(F)F)cc1.NC(=O)c1c(Cl)cccc1Cl. The van der Waals surface area contributed by atoms with E-state index < -0.39 is 17.6 Å². The van der Waals surface area contributed by atoms with Gasteiger partial charge in [-0.1, -0.05) is 47.0 Å². The molecule has 22 heavy (non-hydrogen) atoms. The largest absolute Gasteiger partial charge is 0.416 e. The number of nitrogens with two attached hydrogens (primary N) is 1. The van der Waals surface area contributed by atoms with Crippen molar-refractivity contribution in [3.63, 3.8) is 0 Å². The van der Waals surface area contributed by atoms with Crippen molar-refractivity contribution in [2.75, 3.05) is 0 Å². The zero-order valence-electron chi connectivity index (χ0n) is 11.4. The number of carbonyl (C=O) groups excluding carboxylic acids is 1. The number of halogens is 5. The van der Waals surface area contributed by atoms with Crippen LogP contribution in [0.1, 0.15) is 21.5 Å². The summed E-state index contributed by atoms with van der Waals surface area (Å²) >= 11 is 11.3. The van der Waals surface area contributed by atoms with E-state index in [1.807, 2.05) is 0 Å². The molecule has 118 valence electrons. The third-order valence-electron chi connectivity index (χ3n) is 2.59. The second-order valence-corrected chi connectivity index (χ2v) is 5.14. The molecule has 1 amide bonds. The summed E-state index contributed by atoms with van der Waals surface area (Å²) < 4.78 is 35.8. The minimum Gasteiger partial charge on any atom is -0.366 e. The van der Waals surface area contributed by atoms with Crippen LogP contribution >= 0.6 is 23.2 Å². The Morgan fingerprint density at radius 2 is 1.45 bits per heavy atom. The first-order valence-electron chi connectivity index (χ1n) is 6.00. The number of hydrogen-bond acceptors (Lipinski definition) is 1. The van der Waals surface area contributed by atoms with E-state index in [9.17, 15) is 18.0 Å². The summed E-state index contributed by atoms with van der Waals surface area (Å²) in [7, 11) is 0. The van der Waals surface area contributed by atoms with Crippen LogP contribution in [-0.4, -0.2) is 5.91 Å². The normalized spacial score (nSPS) is 10.6. The molecule has 0 spiro atoms. The molecule has 0 unspecified atom stereocenters. The number of rotatable bonds is 1. The molecule has 0 aliphatic heterocycles. The fourth-order valence-electron chi connectivity index (χ4n) is 1.48. The van der Waals surface area contributed by atoms with E-state index in [0.29, 0.717) is 0 Å². The number of benzene rings is 2. The second-order valence-electron chi connectivity index (χ2n) is 4.32. The molecule has 2 rings (SSSR count). The van der Waals surface area contributed by atoms with Gasteiger partial charge in [0.2, 0.25) is 0 Å². The number of aryl methyl sites for hydroxylation is 1. The summed E-state index contributed by atoms with van der Waals surface area (Å²) in [4.78, 5) is 10.7. The minimum absolute atomic E-state index is 0.177. The lowest BCUT2D eigenvalue weighted by atomic mass is 10.1. The van der Waals surface area contributed by atoms with E-state index in [1.54, 1.807) is 25.1 Å². The van der Waals surface area contributed by atoms with Gasteiger partial charge in [0, 0.05) is 0 Å². The highest BCUT2D eigenvalue weighted by Crippen LogP contribution is 2.28. The lowest BCUT2D eigenvalue weighted by Gasteiger charge is -2.05. The molecule has 0 atom stereocenters. The Bertz CT molecular complexity index is 635. The van der Waals surface area contributed by atoms with Crippen molar-refractivity contribution in [2.45, 2.75) is 13.1 Å². The van der Waals surface area contributed by atoms with E-state index in [1.165, 1.54) is 12.1 Å². The van der Waals surface area contributed by atoms with Gasteiger partial charge in [-0.25, -0.2) is 0 Å². The first-order chi connectivity index (χ1) is 10.1. The van der Waals surface area contributed by atoms with Crippen LogP contribution < -0.4 is 5.73 Å². The van der Waals surface area contributed by atoms with Gasteiger partial charge in [-0.15, -0.1) is 0 Å². The van der Waals surface area contributed by atoms with Crippen molar-refractivity contribution in [3.05, 3.63) is 69.2 Å². The van der Waals surface area contributed by atoms with Gasteiger partial charge in [0.05, 0.1) is 21.2 Å². The summed E-state index contributed by atoms with van der Waals surface area (Å²) in [5.74, 6) is -0.611. The third kappa shape index (κ3) is 5.24. The van der Waals surface area contributed by atoms with Gasteiger partial charge in [-0.05, 0) is 31.2 Å². The number of amides is 1. The van der Waals surface area contributed by atoms with Crippen molar-refractivity contribution in [1.29, 1.82) is 0 Å². The van der Waals surface area contributed by atoms with E-state index in [0.717, 1.165) is 17.7 Å². The molecule has 0 aliphatic rings. The minimum atomic E-state index is -4.21. The molecule has 0 aliphatic carbocycles. The lowest BCUT2D eigenvalue weighted by molar-refractivity contribution is -0.137. The molecule has 2 N–H and O–H groups in total. The van der Waals surface area contributed by atoms with Gasteiger partial charge in [0.15, 0.2) is 0 Å². The van der Waals surface area contributed by atoms with Crippen molar-refractivity contribution < 1.29 is 18.0 Å². The molecular formula is C15H12Cl2F3NO. The molecule has 2 nitrogen and oxygen atoms in total. The maximum absolute atomic E-state index is 11.9. The second kappa shape index (κ2) is 7.51. The number of alkyl halides is 3. The van der Waals surface area contributed by atoms with Crippen LogP contribution in [0.3, 0.4) is 0 Å². The van der Waals surface area contributed by atoms with Crippen LogP contribution in [0.15, 0.2) is 42.5 Å². The lowest BCUT2D eigenvalue weighted by Crippen LogP contribution is -2.12. The van der Waals surface area contributed by atoms with Gasteiger partial charge in [-0.3, -0.25) is 4.79 Å². The summed E-state index contributed by atoms with van der Waals surface area (Å²) in [5.41, 5.74) is 5.42. The monoisotopic (exact) mass is 349 g/mol. The van der Waals surface area contributed by atoms with Crippen molar-refractivity contribution in [1.82, 2.24) is 0 Å². The summed E-state index contributed by atoms with van der Waals surface area (Å²) in [5, 5.41) is 0.565. The highest BCUT2D eigenvalue weighted by atomic mass is 35.5. The molecule has 0 saturated heterocycles. The van der Waals surface area contributed by atoms with Crippen LogP contribution in [0, 0.1) is 6.92 Å². The van der Waals surface area contributed by atoms with Gasteiger partial charge in [0.1, 0.15) is 0 Å². The predicted octanol–water partition coefficient (Wildman–Crippen LogP) is 5.11.